The normalized spacial score (nSPS) is 12.0. The number of aromatic nitrogens is 5. The lowest BCUT2D eigenvalue weighted by atomic mass is 9.99. The van der Waals surface area contributed by atoms with Crippen molar-refractivity contribution in [1.82, 2.24) is 0 Å². The molecule has 0 saturated heterocycles. The smallest absolute Gasteiger partial charge is 0.199 e. The zero-order valence-corrected chi connectivity index (χ0v) is 55.7. The third-order valence-electron chi connectivity index (χ3n) is 16.6. The van der Waals surface area contributed by atoms with Crippen LogP contribution in [0, 0.1) is 138 Å². The summed E-state index contributed by atoms with van der Waals surface area (Å²) in [6.07, 6.45) is 0. The predicted octanol–water partition coefficient (Wildman–Crippen LogP) is 17.1. The van der Waals surface area contributed by atoms with Gasteiger partial charge in [0.05, 0.1) is 0 Å². The SMILES string of the molecule is Cc1ccc(-c2cc(C)cc(C)[n+]2C)c(C)c1.Cc1ccc(C)c(-c2cc(C)cc(C)[n+]2C)c1.Cc1ccc(C)c(-c2cc(C)cc(C)[n+]2C)c1.[2H]C([2H])([2H])c1ccc(-c2cc(C)cc(C)[n+]2C)c(C)c1.[2H]C([2H])([2H])c1cccc(-c2cc(C)cc(C)[n+]2C)c1C. The molecule has 0 aliphatic rings. The molecule has 5 aromatic carbocycles. The summed E-state index contributed by atoms with van der Waals surface area (Å²) >= 11 is 0. The van der Waals surface area contributed by atoms with Gasteiger partial charge in [0.15, 0.2) is 28.5 Å². The Hall–Kier alpha value is -8.15. The van der Waals surface area contributed by atoms with Crippen molar-refractivity contribution in [2.45, 2.75) is 138 Å². The maximum absolute atomic E-state index is 7.64. The van der Waals surface area contributed by atoms with Crippen molar-refractivity contribution in [3.8, 4) is 56.3 Å². The highest BCUT2D eigenvalue weighted by molar-refractivity contribution is 5.66. The van der Waals surface area contributed by atoms with Gasteiger partial charge in [-0.25, -0.2) is 0 Å². The number of nitrogens with zero attached hydrogens (tertiary/aromatic N) is 5. The van der Waals surface area contributed by atoms with Gasteiger partial charge in [-0.1, -0.05) is 82.9 Å². The summed E-state index contributed by atoms with van der Waals surface area (Å²) in [5.74, 6) is 0. The molecule has 5 aromatic heterocycles. The number of benzene rings is 5. The summed E-state index contributed by atoms with van der Waals surface area (Å²) in [6.45, 7) is 33.9. The van der Waals surface area contributed by atoms with Crippen molar-refractivity contribution >= 4 is 0 Å². The van der Waals surface area contributed by atoms with E-state index in [0.717, 1.165) is 39.3 Å². The number of pyridine rings is 5. The van der Waals surface area contributed by atoms with E-state index in [1.54, 1.807) is 18.2 Å². The fourth-order valence-corrected chi connectivity index (χ4v) is 11.1. The molecule has 5 heteroatoms. The van der Waals surface area contributed by atoms with Crippen LogP contribution in [0.25, 0.3) is 56.3 Å². The maximum Gasteiger partial charge on any atom is 0.212 e. The van der Waals surface area contributed by atoms with Gasteiger partial charge < -0.3 is 0 Å². The largest absolute Gasteiger partial charge is 0.212 e. The average Bonchev–Trinajstić information content (AvgIpc) is 0.893. The van der Waals surface area contributed by atoms with E-state index in [9.17, 15) is 0 Å². The first kappa shape index (κ1) is 57.3. The van der Waals surface area contributed by atoms with E-state index >= 15 is 0 Å². The molecule has 0 aliphatic heterocycles. The van der Waals surface area contributed by atoms with Crippen molar-refractivity contribution in [2.75, 3.05) is 0 Å². The molecule has 0 saturated carbocycles. The van der Waals surface area contributed by atoms with Crippen LogP contribution in [0.3, 0.4) is 0 Å². The average molecular weight is 1140 g/mol. The van der Waals surface area contributed by atoms with Crippen LogP contribution < -0.4 is 22.8 Å². The molecule has 440 valence electrons. The Bertz CT molecular complexity index is 4200. The molecule has 0 amide bonds. The molecular weight excluding hydrogens is 1030 g/mol. The topological polar surface area (TPSA) is 19.4 Å². The zero-order chi connectivity index (χ0) is 67.9. The molecule has 0 radical (unpaired) electrons. The van der Waals surface area contributed by atoms with E-state index in [2.05, 4.69) is 270 Å². The Morgan fingerprint density at radius 3 is 0.847 bits per heavy atom. The van der Waals surface area contributed by atoms with E-state index in [4.69, 9.17) is 8.22 Å². The van der Waals surface area contributed by atoms with E-state index in [1.807, 2.05) is 46.1 Å². The maximum atomic E-state index is 7.64. The van der Waals surface area contributed by atoms with Crippen LogP contribution >= 0.6 is 0 Å². The minimum Gasteiger partial charge on any atom is -0.199 e. The number of rotatable bonds is 5. The summed E-state index contributed by atoms with van der Waals surface area (Å²) < 4.78 is 56.4. The van der Waals surface area contributed by atoms with Crippen LogP contribution in [-0.2, 0) is 35.2 Å². The van der Waals surface area contributed by atoms with Gasteiger partial charge in [0.1, 0.15) is 35.2 Å². The van der Waals surface area contributed by atoms with Crippen LogP contribution in [0.15, 0.2) is 152 Å². The van der Waals surface area contributed by atoms with Gasteiger partial charge in [0, 0.05) is 131 Å². The fourth-order valence-electron chi connectivity index (χ4n) is 11.1. The second-order valence-corrected chi connectivity index (χ2v) is 24.1. The van der Waals surface area contributed by atoms with E-state index in [-0.39, 0.29) is 0 Å². The van der Waals surface area contributed by atoms with Crippen LogP contribution in [0.1, 0.15) is 120 Å². The number of aryl methyl sites for hydroxylation is 19. The Balaban J connectivity index is 0.000000181. The highest BCUT2D eigenvalue weighted by Crippen LogP contribution is 2.28. The quantitative estimate of drug-likeness (QED) is 0.153. The van der Waals surface area contributed by atoms with Crippen LogP contribution in [0.4, 0.5) is 0 Å². The van der Waals surface area contributed by atoms with E-state index < -0.39 is 13.7 Å². The first-order chi connectivity index (χ1) is 42.4. The Kier molecular flexibility index (Phi) is 19.3. The van der Waals surface area contributed by atoms with Crippen LogP contribution in [-0.4, -0.2) is 0 Å². The minimum absolute atomic E-state index is 0.394. The lowest BCUT2D eigenvalue weighted by Gasteiger charge is -2.09. The molecular formula is C80H100N5+5. The summed E-state index contributed by atoms with van der Waals surface area (Å²) in [5.41, 5.74) is 35.2. The molecule has 85 heavy (non-hydrogen) atoms. The molecule has 10 rings (SSSR count). The summed E-state index contributed by atoms with van der Waals surface area (Å²) in [4.78, 5) is 0. The van der Waals surface area contributed by atoms with Gasteiger partial charge in [-0.3, -0.25) is 0 Å². The Morgan fingerprint density at radius 2 is 0.518 bits per heavy atom. The minimum atomic E-state index is -2.07. The Labute approximate surface area is 522 Å². The second-order valence-electron chi connectivity index (χ2n) is 24.1. The van der Waals surface area contributed by atoms with Crippen molar-refractivity contribution in [1.29, 1.82) is 0 Å². The molecule has 0 bridgehead atoms. The van der Waals surface area contributed by atoms with Crippen molar-refractivity contribution in [2.24, 2.45) is 35.2 Å². The second kappa shape index (κ2) is 28.6. The number of hydrogen-bond donors (Lipinski definition) is 0. The molecule has 0 N–H and O–H groups in total. The van der Waals surface area contributed by atoms with Crippen LogP contribution in [0.5, 0.6) is 0 Å². The van der Waals surface area contributed by atoms with E-state index in [0.29, 0.717) is 11.1 Å². The molecule has 0 aliphatic carbocycles. The molecule has 5 nitrogen and oxygen atoms in total. The molecule has 5 heterocycles. The lowest BCUT2D eigenvalue weighted by molar-refractivity contribution is -0.666. The predicted molar refractivity (Wildman–Crippen MR) is 360 cm³/mol. The highest BCUT2D eigenvalue weighted by Gasteiger charge is 2.20. The van der Waals surface area contributed by atoms with Gasteiger partial charge in [0.2, 0.25) is 28.5 Å². The molecule has 0 unspecified atom stereocenters. The Morgan fingerprint density at radius 1 is 0.224 bits per heavy atom. The van der Waals surface area contributed by atoms with Crippen LogP contribution in [0.2, 0.25) is 0 Å². The van der Waals surface area contributed by atoms with Crippen molar-refractivity contribution < 1.29 is 31.1 Å². The summed E-state index contributed by atoms with van der Waals surface area (Å²) in [7, 11) is 10.4. The molecule has 0 spiro atoms. The van der Waals surface area contributed by atoms with Gasteiger partial charge in [-0.15, -0.1) is 0 Å². The fraction of sp³-hybridized carbons (Fsp3) is 0.312. The van der Waals surface area contributed by atoms with Crippen molar-refractivity contribution in [3.63, 3.8) is 0 Å². The highest BCUT2D eigenvalue weighted by atomic mass is 15.0. The van der Waals surface area contributed by atoms with Crippen molar-refractivity contribution in [3.05, 3.63) is 264 Å². The third kappa shape index (κ3) is 16.6. The van der Waals surface area contributed by atoms with Gasteiger partial charge in [0.25, 0.3) is 0 Å². The summed E-state index contributed by atoms with van der Waals surface area (Å²) in [5, 5.41) is 0. The molecule has 0 atom stereocenters. The third-order valence-corrected chi connectivity index (χ3v) is 16.6. The first-order valence-corrected chi connectivity index (χ1v) is 29.7. The molecule has 10 aromatic rings. The monoisotopic (exact) mass is 1140 g/mol. The van der Waals surface area contributed by atoms with Gasteiger partial charge >= 0.3 is 0 Å². The standard InChI is InChI=1S/5C16H20N/c2*1-11-6-7-13(3)15(9-11)16-10-12(2)8-14(4)17(16)5;2*1-11-6-7-15(13(3)8-11)16-10-12(2)9-14(4)17(16)5;1-11-9-13(3)17(5)16(10-11)15-8-6-7-12(2)14(15)4/h5*6-10H,1-5H3/q5*+1/i;;1D3;;2D3. The molecule has 0 fully saturated rings. The van der Waals surface area contributed by atoms with E-state index in [1.165, 1.54) is 118 Å². The first-order valence-electron chi connectivity index (χ1n) is 32.7. The number of hydrogen-bond acceptors (Lipinski definition) is 0. The zero-order valence-electron chi connectivity index (χ0n) is 61.7. The van der Waals surface area contributed by atoms with Gasteiger partial charge in [-0.2, -0.15) is 22.8 Å². The lowest BCUT2D eigenvalue weighted by Crippen LogP contribution is -2.35. The van der Waals surface area contributed by atoms with Gasteiger partial charge in [-0.05, 0) is 195 Å². The summed E-state index contributed by atoms with van der Waals surface area (Å²) in [6, 6.07) is 52.7.